The summed E-state index contributed by atoms with van der Waals surface area (Å²) in [5.74, 6) is -0.560. The van der Waals surface area contributed by atoms with Crippen LogP contribution in [0.1, 0.15) is 0 Å². The Balaban J connectivity index is 3.28. The van der Waals surface area contributed by atoms with Gasteiger partial charge in [0.2, 0.25) is 0 Å². The molecule has 18 heavy (non-hydrogen) atoms. The van der Waals surface area contributed by atoms with Gasteiger partial charge in [-0.15, -0.1) is 0 Å². The molecule has 102 valence electrons. The topological polar surface area (TPSA) is 52.6 Å². The fourth-order valence-electron chi connectivity index (χ4n) is 0.926. The van der Waals surface area contributed by atoms with Crippen LogP contribution in [0.2, 0.25) is 0 Å². The van der Waals surface area contributed by atoms with Crippen LogP contribution < -0.4 is 8.92 Å². The maximum atomic E-state index is 12.2. The van der Waals surface area contributed by atoms with Gasteiger partial charge in [0, 0.05) is 3.57 Å². The van der Waals surface area contributed by atoms with E-state index in [1.807, 2.05) is 22.6 Å². The molecule has 0 saturated carbocycles. The molecule has 0 aliphatic rings. The van der Waals surface area contributed by atoms with Gasteiger partial charge in [-0.1, -0.05) is 0 Å². The molecule has 0 aliphatic heterocycles. The Labute approximate surface area is 128 Å². The summed E-state index contributed by atoms with van der Waals surface area (Å²) in [6.45, 7) is 0. The number of benzene rings is 1. The maximum Gasteiger partial charge on any atom is 0.534 e. The third-order valence-corrected chi connectivity index (χ3v) is 4.05. The van der Waals surface area contributed by atoms with E-state index in [0.29, 0.717) is 3.57 Å². The number of hydrogen-bond donors (Lipinski definition) is 0. The molecule has 10 heteroatoms. The van der Waals surface area contributed by atoms with Gasteiger partial charge in [0.1, 0.15) is 0 Å². The summed E-state index contributed by atoms with van der Waals surface area (Å²) in [6.07, 6.45) is 0. The van der Waals surface area contributed by atoms with Crippen molar-refractivity contribution in [2.24, 2.45) is 0 Å². The zero-order valence-electron chi connectivity index (χ0n) is 8.59. The van der Waals surface area contributed by atoms with Crippen molar-refractivity contribution in [3.63, 3.8) is 0 Å². The Morgan fingerprint density at radius 1 is 1.22 bits per heavy atom. The van der Waals surface area contributed by atoms with Gasteiger partial charge in [-0.05, 0) is 57.3 Å². The number of rotatable bonds is 3. The smallest absolute Gasteiger partial charge is 0.493 e. The average Bonchev–Trinajstić information content (AvgIpc) is 2.19. The number of ether oxygens (including phenoxy) is 1. The lowest BCUT2D eigenvalue weighted by Crippen LogP contribution is -2.28. The molecule has 0 fully saturated rings. The normalized spacial score (nSPS) is 12.3. The van der Waals surface area contributed by atoms with E-state index in [2.05, 4.69) is 4.18 Å². The predicted octanol–water partition coefficient (Wildman–Crippen LogP) is 3.13. The first-order valence-electron chi connectivity index (χ1n) is 4.12. The van der Waals surface area contributed by atoms with Crippen molar-refractivity contribution in [1.82, 2.24) is 0 Å². The molecule has 1 aromatic rings. The monoisotopic (exact) mass is 508 g/mol. The Hall–Kier alpha value is 0.0200. The SMILES string of the molecule is COc1cc(I)cc(I)c1OS(=O)(=O)C(F)(F)F. The van der Waals surface area contributed by atoms with Crippen LogP contribution in [0, 0.1) is 7.14 Å². The highest BCUT2D eigenvalue weighted by Crippen LogP contribution is 2.37. The first kappa shape index (κ1) is 16.1. The molecule has 0 atom stereocenters. The van der Waals surface area contributed by atoms with Gasteiger partial charge >= 0.3 is 15.6 Å². The van der Waals surface area contributed by atoms with Gasteiger partial charge in [-0.3, -0.25) is 0 Å². The van der Waals surface area contributed by atoms with Gasteiger partial charge in [-0.25, -0.2) is 0 Å². The van der Waals surface area contributed by atoms with E-state index in [9.17, 15) is 21.6 Å². The second-order valence-electron chi connectivity index (χ2n) is 2.90. The Morgan fingerprint density at radius 2 is 1.78 bits per heavy atom. The maximum absolute atomic E-state index is 12.2. The van der Waals surface area contributed by atoms with Gasteiger partial charge in [-0.2, -0.15) is 21.6 Å². The van der Waals surface area contributed by atoms with Gasteiger partial charge in [0.05, 0.1) is 10.7 Å². The van der Waals surface area contributed by atoms with Gasteiger partial charge in [0.15, 0.2) is 11.5 Å². The fraction of sp³-hybridized carbons (Fsp3) is 0.250. The molecule has 0 aliphatic carbocycles. The largest absolute Gasteiger partial charge is 0.534 e. The summed E-state index contributed by atoms with van der Waals surface area (Å²) >= 11 is 3.57. The van der Waals surface area contributed by atoms with Crippen LogP contribution in [-0.4, -0.2) is 21.0 Å². The summed E-state index contributed by atoms with van der Waals surface area (Å²) in [6, 6.07) is 2.83. The number of halogens is 5. The first-order valence-corrected chi connectivity index (χ1v) is 7.69. The summed E-state index contributed by atoms with van der Waals surface area (Å²) in [5, 5.41) is 0. The molecule has 4 nitrogen and oxygen atoms in total. The van der Waals surface area contributed by atoms with Crippen LogP contribution >= 0.6 is 45.2 Å². The van der Waals surface area contributed by atoms with Crippen molar-refractivity contribution in [3.05, 3.63) is 19.3 Å². The van der Waals surface area contributed by atoms with E-state index in [1.54, 1.807) is 22.6 Å². The van der Waals surface area contributed by atoms with E-state index in [0.717, 1.165) is 0 Å². The van der Waals surface area contributed by atoms with Crippen LogP contribution in [0.15, 0.2) is 12.1 Å². The Morgan fingerprint density at radius 3 is 2.22 bits per heavy atom. The zero-order chi connectivity index (χ0) is 14.1. The van der Waals surface area contributed by atoms with Crippen LogP contribution in [0.4, 0.5) is 13.2 Å². The van der Waals surface area contributed by atoms with Crippen LogP contribution in [-0.2, 0) is 10.1 Å². The minimum Gasteiger partial charge on any atom is -0.493 e. The summed E-state index contributed by atoms with van der Waals surface area (Å²) < 4.78 is 68.2. The molecule has 1 rings (SSSR count). The molecule has 0 heterocycles. The molecule has 1 aromatic carbocycles. The lowest BCUT2D eigenvalue weighted by molar-refractivity contribution is -0.0500. The molecule has 0 N–H and O–H groups in total. The lowest BCUT2D eigenvalue weighted by Gasteiger charge is -2.14. The minimum atomic E-state index is -5.71. The lowest BCUT2D eigenvalue weighted by atomic mass is 10.3. The third kappa shape index (κ3) is 3.53. The molecule has 0 saturated heterocycles. The highest BCUT2D eigenvalue weighted by molar-refractivity contribution is 14.1. The van der Waals surface area contributed by atoms with E-state index < -0.39 is 21.4 Å². The van der Waals surface area contributed by atoms with E-state index in [1.165, 1.54) is 19.2 Å². The Bertz CT molecular complexity index is 556. The molecule has 0 radical (unpaired) electrons. The van der Waals surface area contributed by atoms with Crippen LogP contribution in [0.3, 0.4) is 0 Å². The number of hydrogen-bond acceptors (Lipinski definition) is 4. The van der Waals surface area contributed by atoms with E-state index in [4.69, 9.17) is 4.74 Å². The second-order valence-corrected chi connectivity index (χ2v) is 6.85. The minimum absolute atomic E-state index is 0.0841. The van der Waals surface area contributed by atoms with Crippen molar-refractivity contribution >= 4 is 55.3 Å². The quantitative estimate of drug-likeness (QED) is 0.358. The average molecular weight is 508 g/mol. The summed E-state index contributed by atoms with van der Waals surface area (Å²) in [7, 11) is -4.50. The molecule has 0 aromatic heterocycles. The highest BCUT2D eigenvalue weighted by Gasteiger charge is 2.49. The molecule has 0 amide bonds. The first-order chi connectivity index (χ1) is 8.08. The second kappa shape index (κ2) is 5.56. The van der Waals surface area contributed by atoms with Crippen molar-refractivity contribution in [2.45, 2.75) is 5.51 Å². The standard InChI is InChI=1S/C8H5F3I2O4S/c1-16-6-3-4(12)2-5(13)7(6)17-18(14,15)8(9,10)11/h2-3H,1H3. The van der Waals surface area contributed by atoms with Gasteiger partial charge in [0.25, 0.3) is 0 Å². The molecular weight excluding hydrogens is 503 g/mol. The molecule has 0 spiro atoms. The highest BCUT2D eigenvalue weighted by atomic mass is 127. The van der Waals surface area contributed by atoms with Crippen molar-refractivity contribution < 1.29 is 30.5 Å². The van der Waals surface area contributed by atoms with Crippen molar-refractivity contribution in [1.29, 1.82) is 0 Å². The molecule has 0 bridgehead atoms. The van der Waals surface area contributed by atoms with Crippen molar-refractivity contribution in [2.75, 3.05) is 7.11 Å². The zero-order valence-corrected chi connectivity index (χ0v) is 13.7. The van der Waals surface area contributed by atoms with E-state index >= 15 is 0 Å². The third-order valence-electron chi connectivity index (χ3n) is 1.67. The number of methoxy groups -OCH3 is 1. The van der Waals surface area contributed by atoms with E-state index in [-0.39, 0.29) is 9.32 Å². The van der Waals surface area contributed by atoms with Crippen LogP contribution in [0.5, 0.6) is 11.5 Å². The summed E-state index contributed by atoms with van der Waals surface area (Å²) in [5.41, 5.74) is -5.48. The van der Waals surface area contributed by atoms with Gasteiger partial charge < -0.3 is 8.92 Å². The fourth-order valence-corrected chi connectivity index (χ4v) is 3.46. The summed E-state index contributed by atoms with van der Waals surface area (Å²) in [4.78, 5) is 0. The van der Waals surface area contributed by atoms with Crippen molar-refractivity contribution in [3.8, 4) is 11.5 Å². The Kier molecular flexibility index (Phi) is 4.97. The molecular formula is C8H5F3I2O4S. The van der Waals surface area contributed by atoms with Crippen LogP contribution in [0.25, 0.3) is 0 Å². The molecule has 0 unspecified atom stereocenters. The number of alkyl halides is 3. The predicted molar refractivity (Wildman–Crippen MR) is 74.0 cm³/mol.